The molecular formula is C11H13N3OS. The van der Waals surface area contributed by atoms with Crippen molar-refractivity contribution in [3.8, 4) is 0 Å². The lowest BCUT2D eigenvalue weighted by Gasteiger charge is -2.06. The predicted octanol–water partition coefficient (Wildman–Crippen LogP) is 1.67. The quantitative estimate of drug-likeness (QED) is 0.823. The van der Waals surface area contributed by atoms with Gasteiger partial charge in [0, 0.05) is 34.6 Å². The van der Waals surface area contributed by atoms with Crippen LogP contribution in [0.3, 0.4) is 0 Å². The maximum Gasteiger partial charge on any atom is 0.184 e. The van der Waals surface area contributed by atoms with E-state index in [2.05, 4.69) is 5.10 Å². The number of hydrogen-bond acceptors (Lipinski definition) is 4. The zero-order valence-electron chi connectivity index (χ0n) is 9.18. The summed E-state index contributed by atoms with van der Waals surface area (Å²) < 4.78 is 1.64. The third-order valence-electron chi connectivity index (χ3n) is 2.38. The van der Waals surface area contributed by atoms with Gasteiger partial charge in [-0.1, -0.05) is 0 Å². The van der Waals surface area contributed by atoms with Crippen molar-refractivity contribution in [2.75, 3.05) is 0 Å². The molecule has 0 aliphatic heterocycles. The van der Waals surface area contributed by atoms with Crippen molar-refractivity contribution in [2.45, 2.75) is 13.0 Å². The van der Waals surface area contributed by atoms with Gasteiger partial charge < -0.3 is 5.73 Å². The van der Waals surface area contributed by atoms with Crippen molar-refractivity contribution < 1.29 is 4.79 Å². The van der Waals surface area contributed by atoms with Crippen LogP contribution in [0.1, 0.15) is 26.8 Å². The maximum absolute atomic E-state index is 12.0. The van der Waals surface area contributed by atoms with Crippen LogP contribution in [0.25, 0.3) is 0 Å². The first-order valence-electron chi connectivity index (χ1n) is 4.91. The second-order valence-corrected chi connectivity index (χ2v) is 4.85. The van der Waals surface area contributed by atoms with Gasteiger partial charge in [0.05, 0.1) is 12.2 Å². The maximum atomic E-state index is 12.0. The van der Waals surface area contributed by atoms with Gasteiger partial charge in [-0.15, -0.1) is 11.3 Å². The van der Waals surface area contributed by atoms with Crippen molar-refractivity contribution in [2.24, 2.45) is 12.8 Å². The summed E-state index contributed by atoms with van der Waals surface area (Å²) in [7, 11) is 1.80. The van der Waals surface area contributed by atoms with E-state index in [-0.39, 0.29) is 5.78 Å². The largest absolute Gasteiger partial charge is 0.317 e. The van der Waals surface area contributed by atoms with Gasteiger partial charge in [0.25, 0.3) is 0 Å². The predicted molar refractivity (Wildman–Crippen MR) is 63.5 cm³/mol. The summed E-state index contributed by atoms with van der Waals surface area (Å²) in [6.07, 6.45) is 3.39. The second-order valence-electron chi connectivity index (χ2n) is 3.74. The minimum Gasteiger partial charge on any atom is -0.317 e. The van der Waals surface area contributed by atoms with Crippen LogP contribution in [0.5, 0.6) is 0 Å². The van der Waals surface area contributed by atoms with E-state index in [0.29, 0.717) is 5.56 Å². The molecule has 2 aromatic heterocycles. The summed E-state index contributed by atoms with van der Waals surface area (Å²) in [4.78, 5) is 13.1. The second kappa shape index (κ2) is 4.19. The van der Waals surface area contributed by atoms with Gasteiger partial charge >= 0.3 is 0 Å². The number of ketones is 1. The fourth-order valence-electron chi connectivity index (χ4n) is 1.50. The average Bonchev–Trinajstić information content (AvgIpc) is 2.85. The molecule has 0 bridgehead atoms. The lowest BCUT2D eigenvalue weighted by molar-refractivity contribution is 0.0961. The lowest BCUT2D eigenvalue weighted by Crippen LogP contribution is -2.20. The molecule has 0 aliphatic carbocycles. The summed E-state index contributed by atoms with van der Waals surface area (Å²) in [6.45, 7) is 1.97. The van der Waals surface area contributed by atoms with Crippen molar-refractivity contribution in [3.63, 3.8) is 0 Å². The first-order valence-corrected chi connectivity index (χ1v) is 5.79. The van der Waals surface area contributed by atoms with E-state index >= 15 is 0 Å². The number of aryl methyl sites for hydroxylation is 2. The van der Waals surface area contributed by atoms with Gasteiger partial charge in [-0.2, -0.15) is 5.10 Å². The smallest absolute Gasteiger partial charge is 0.184 e. The number of nitrogens with two attached hydrogens (primary N) is 1. The molecule has 0 fully saturated rings. The molecule has 0 amide bonds. The highest BCUT2D eigenvalue weighted by molar-refractivity contribution is 7.10. The molecule has 84 valence electrons. The van der Waals surface area contributed by atoms with Crippen molar-refractivity contribution in [1.82, 2.24) is 9.78 Å². The van der Waals surface area contributed by atoms with Gasteiger partial charge in [-0.05, 0) is 13.0 Å². The highest BCUT2D eigenvalue weighted by Gasteiger charge is 2.19. The molecule has 16 heavy (non-hydrogen) atoms. The zero-order valence-corrected chi connectivity index (χ0v) is 9.99. The summed E-state index contributed by atoms with van der Waals surface area (Å²) in [6, 6.07) is 1.24. The number of aromatic nitrogens is 2. The first-order chi connectivity index (χ1) is 7.58. The molecule has 0 saturated heterocycles. The molecule has 0 aromatic carbocycles. The Morgan fingerprint density at radius 2 is 2.38 bits per heavy atom. The molecule has 0 saturated carbocycles. The van der Waals surface area contributed by atoms with Crippen LogP contribution in [0.15, 0.2) is 23.8 Å². The Labute approximate surface area is 97.7 Å². The molecule has 2 aromatic rings. The molecule has 1 unspecified atom stereocenters. The van der Waals surface area contributed by atoms with E-state index in [1.165, 1.54) is 0 Å². The fourth-order valence-corrected chi connectivity index (χ4v) is 2.20. The van der Waals surface area contributed by atoms with Crippen molar-refractivity contribution in [1.29, 1.82) is 0 Å². The Kier molecular flexibility index (Phi) is 2.89. The summed E-state index contributed by atoms with van der Waals surface area (Å²) in [5.74, 6) is -0.0580. The van der Waals surface area contributed by atoms with Gasteiger partial charge in [-0.3, -0.25) is 9.48 Å². The van der Waals surface area contributed by atoms with Gasteiger partial charge in [0.2, 0.25) is 0 Å². The molecule has 2 rings (SSSR count). The third-order valence-corrected chi connectivity index (χ3v) is 3.24. The fraction of sp³-hybridized carbons (Fsp3) is 0.273. The number of carbonyl (C=O) groups is 1. The number of nitrogens with zero attached hydrogens (tertiary/aromatic N) is 2. The number of rotatable bonds is 3. The monoisotopic (exact) mass is 235 g/mol. The number of thiophene rings is 1. The normalized spacial score (nSPS) is 12.7. The molecule has 0 aliphatic rings. The molecule has 0 radical (unpaired) electrons. The summed E-state index contributed by atoms with van der Waals surface area (Å²) in [5.41, 5.74) is 7.32. The van der Waals surface area contributed by atoms with E-state index in [9.17, 15) is 4.79 Å². The van der Waals surface area contributed by atoms with E-state index in [0.717, 1.165) is 10.4 Å². The molecule has 2 N–H and O–H groups in total. The first kappa shape index (κ1) is 11.0. The highest BCUT2D eigenvalue weighted by Crippen LogP contribution is 2.19. The minimum atomic E-state index is -0.623. The molecule has 0 spiro atoms. The van der Waals surface area contributed by atoms with E-state index in [1.807, 2.05) is 18.4 Å². The molecular weight excluding hydrogens is 222 g/mol. The third kappa shape index (κ3) is 2.05. The van der Waals surface area contributed by atoms with Gasteiger partial charge in [0.15, 0.2) is 5.78 Å². The topological polar surface area (TPSA) is 60.9 Å². The van der Waals surface area contributed by atoms with Gasteiger partial charge in [0.1, 0.15) is 0 Å². The molecule has 4 nitrogen and oxygen atoms in total. The lowest BCUT2D eigenvalue weighted by atomic mass is 10.0. The Hall–Kier alpha value is -1.46. The highest BCUT2D eigenvalue weighted by atomic mass is 32.1. The van der Waals surface area contributed by atoms with E-state index < -0.39 is 6.04 Å². The van der Waals surface area contributed by atoms with Crippen molar-refractivity contribution in [3.05, 3.63) is 39.8 Å². The zero-order chi connectivity index (χ0) is 11.7. The van der Waals surface area contributed by atoms with E-state index in [4.69, 9.17) is 5.73 Å². The van der Waals surface area contributed by atoms with Crippen LogP contribution >= 0.6 is 11.3 Å². The van der Waals surface area contributed by atoms with E-state index in [1.54, 1.807) is 35.5 Å². The van der Waals surface area contributed by atoms with Crippen LogP contribution in [0.4, 0.5) is 0 Å². The Balaban J connectivity index is 2.22. The van der Waals surface area contributed by atoms with Crippen LogP contribution in [0.2, 0.25) is 0 Å². The molecule has 1 atom stereocenters. The summed E-state index contributed by atoms with van der Waals surface area (Å²) in [5, 5.41) is 5.85. The summed E-state index contributed by atoms with van der Waals surface area (Å²) >= 11 is 1.55. The van der Waals surface area contributed by atoms with Crippen LogP contribution < -0.4 is 5.73 Å². The van der Waals surface area contributed by atoms with Crippen LogP contribution in [0, 0.1) is 6.92 Å². The van der Waals surface area contributed by atoms with Crippen LogP contribution in [-0.2, 0) is 7.05 Å². The number of carbonyl (C=O) groups excluding carboxylic acids is 1. The van der Waals surface area contributed by atoms with Gasteiger partial charge in [-0.25, -0.2) is 0 Å². The minimum absolute atomic E-state index is 0.0580. The van der Waals surface area contributed by atoms with Crippen LogP contribution in [-0.4, -0.2) is 15.6 Å². The number of Topliss-reactive ketones (excluding diaryl/α,β-unsaturated/α-hetero) is 1. The molecule has 2 heterocycles. The Bertz CT molecular complexity index is 515. The molecule has 5 heteroatoms. The Morgan fingerprint density at radius 3 is 2.88 bits per heavy atom. The van der Waals surface area contributed by atoms with Crippen molar-refractivity contribution >= 4 is 17.1 Å². The Morgan fingerprint density at radius 1 is 1.62 bits per heavy atom. The number of hydrogen-bond donors (Lipinski definition) is 1. The standard InChI is InChI=1S/C11H13N3OS/c1-7-3-8(6-16-7)11(15)10(12)9-4-13-14(2)5-9/h3-6,10H,12H2,1-2H3. The average molecular weight is 235 g/mol. The SMILES string of the molecule is Cc1cc(C(=O)C(N)c2cnn(C)c2)cs1.